The van der Waals surface area contributed by atoms with Gasteiger partial charge in [-0.2, -0.15) is 0 Å². The molecule has 0 amide bonds. The summed E-state index contributed by atoms with van der Waals surface area (Å²) in [7, 11) is 1.51. The topological polar surface area (TPSA) is 57.5 Å². The lowest BCUT2D eigenvalue weighted by molar-refractivity contribution is -0.129. The average molecular weight is 472 g/mol. The molecular weight excluding hydrogens is 456 g/mol. The van der Waals surface area contributed by atoms with Crippen LogP contribution < -0.4 is 9.47 Å². The van der Waals surface area contributed by atoms with E-state index in [1.165, 1.54) is 31.4 Å². The van der Waals surface area contributed by atoms with E-state index in [0.717, 1.165) is 5.56 Å². The van der Waals surface area contributed by atoms with Crippen molar-refractivity contribution in [1.82, 2.24) is 4.57 Å². The van der Waals surface area contributed by atoms with Gasteiger partial charge in [-0.3, -0.25) is 4.79 Å². The Morgan fingerprint density at radius 2 is 1.69 bits per heavy atom. The molecule has 0 radical (unpaired) electrons. The lowest BCUT2D eigenvalue weighted by atomic mass is 10.1. The third-order valence-electron chi connectivity index (χ3n) is 4.90. The molecule has 5 nitrogen and oxygen atoms in total. The van der Waals surface area contributed by atoms with Gasteiger partial charge in [0.05, 0.1) is 22.7 Å². The van der Waals surface area contributed by atoms with Crippen LogP contribution in [-0.4, -0.2) is 23.4 Å². The van der Waals surface area contributed by atoms with Crippen molar-refractivity contribution in [3.05, 3.63) is 93.8 Å². The van der Waals surface area contributed by atoms with Gasteiger partial charge in [-0.1, -0.05) is 41.4 Å². The number of rotatable bonds is 6. The minimum Gasteiger partial charge on any atom is -0.497 e. The number of aromatic nitrogens is 1. The Labute approximate surface area is 192 Å². The van der Waals surface area contributed by atoms with Gasteiger partial charge in [0.1, 0.15) is 11.6 Å². The summed E-state index contributed by atoms with van der Waals surface area (Å²) in [5.41, 5.74) is 1.65. The lowest BCUT2D eigenvalue weighted by Crippen LogP contribution is -2.20. The number of halogens is 3. The van der Waals surface area contributed by atoms with Crippen molar-refractivity contribution in [2.45, 2.75) is 6.54 Å². The first-order valence-corrected chi connectivity index (χ1v) is 10.2. The molecule has 0 N–H and O–H groups in total. The summed E-state index contributed by atoms with van der Waals surface area (Å²) in [6.07, 6.45) is 1.56. The number of methoxy groups -OCH3 is 1. The van der Waals surface area contributed by atoms with Crippen molar-refractivity contribution in [3.63, 3.8) is 0 Å². The average Bonchev–Trinajstić information content (AvgIpc) is 3.14. The largest absolute Gasteiger partial charge is 0.497 e. The van der Waals surface area contributed by atoms with Gasteiger partial charge in [-0.05, 0) is 48.0 Å². The van der Waals surface area contributed by atoms with Crippen LogP contribution >= 0.6 is 23.2 Å². The highest BCUT2D eigenvalue weighted by molar-refractivity contribution is 6.44. The number of carbonyl (C=O) groups is 2. The molecule has 0 spiro atoms. The molecule has 1 heterocycles. The van der Waals surface area contributed by atoms with Crippen LogP contribution in [0.4, 0.5) is 4.39 Å². The Morgan fingerprint density at radius 3 is 2.34 bits per heavy atom. The second kappa shape index (κ2) is 9.02. The summed E-state index contributed by atoms with van der Waals surface area (Å²) in [4.78, 5) is 25.7. The quantitative estimate of drug-likeness (QED) is 0.151. The van der Waals surface area contributed by atoms with Gasteiger partial charge in [0.25, 0.3) is 5.78 Å². The number of carbonyl (C=O) groups excluding carboxylic acids is 2. The molecule has 0 bridgehead atoms. The highest BCUT2D eigenvalue weighted by atomic mass is 35.5. The van der Waals surface area contributed by atoms with Gasteiger partial charge < -0.3 is 14.0 Å². The van der Waals surface area contributed by atoms with Crippen LogP contribution in [-0.2, 0) is 11.3 Å². The predicted molar refractivity (Wildman–Crippen MR) is 120 cm³/mol. The van der Waals surface area contributed by atoms with Crippen molar-refractivity contribution in [2.75, 3.05) is 7.11 Å². The van der Waals surface area contributed by atoms with Crippen LogP contribution in [0.1, 0.15) is 15.9 Å². The van der Waals surface area contributed by atoms with E-state index in [1.54, 1.807) is 47.2 Å². The van der Waals surface area contributed by atoms with Crippen molar-refractivity contribution in [1.29, 1.82) is 0 Å². The first-order chi connectivity index (χ1) is 15.4. The number of ether oxygens (including phenoxy) is 2. The minimum absolute atomic E-state index is 0.0817. The van der Waals surface area contributed by atoms with Gasteiger partial charge in [0, 0.05) is 23.6 Å². The molecular formula is C24H16Cl2FNO4. The highest BCUT2D eigenvalue weighted by Crippen LogP contribution is 2.33. The van der Waals surface area contributed by atoms with E-state index < -0.39 is 11.8 Å². The van der Waals surface area contributed by atoms with Gasteiger partial charge >= 0.3 is 5.97 Å². The maximum atomic E-state index is 13.3. The van der Waals surface area contributed by atoms with Crippen LogP contribution in [0.15, 0.2) is 66.9 Å². The molecule has 8 heteroatoms. The number of hydrogen-bond acceptors (Lipinski definition) is 4. The summed E-state index contributed by atoms with van der Waals surface area (Å²) in [5, 5.41) is 0.733. The SMILES string of the molecule is COc1ccc2c(c1)c(C(=O)C(=O)Oc1c(Cl)cccc1Cl)cn2Cc1ccc(F)cc1. The van der Waals surface area contributed by atoms with Crippen LogP contribution in [0.5, 0.6) is 11.5 Å². The summed E-state index contributed by atoms with van der Waals surface area (Å²) in [6, 6.07) is 15.8. The number of hydrogen-bond donors (Lipinski definition) is 0. The number of esters is 1. The van der Waals surface area contributed by atoms with Crippen molar-refractivity contribution < 1.29 is 23.5 Å². The zero-order valence-corrected chi connectivity index (χ0v) is 18.3. The molecule has 3 aromatic carbocycles. The first-order valence-electron chi connectivity index (χ1n) is 9.49. The minimum atomic E-state index is -1.12. The summed E-state index contributed by atoms with van der Waals surface area (Å²) >= 11 is 12.1. The van der Waals surface area contributed by atoms with E-state index in [0.29, 0.717) is 23.2 Å². The van der Waals surface area contributed by atoms with Crippen LogP contribution in [0.2, 0.25) is 10.0 Å². The predicted octanol–water partition coefficient (Wildman–Crippen LogP) is 5.93. The molecule has 0 atom stereocenters. The van der Waals surface area contributed by atoms with E-state index in [2.05, 4.69) is 0 Å². The molecule has 0 unspecified atom stereocenters. The molecule has 0 fully saturated rings. The summed E-state index contributed by atoms with van der Waals surface area (Å²) in [5.74, 6) is -1.89. The molecule has 32 heavy (non-hydrogen) atoms. The second-order valence-electron chi connectivity index (χ2n) is 6.95. The van der Waals surface area contributed by atoms with Gasteiger partial charge in [0.15, 0.2) is 5.75 Å². The molecule has 1 aromatic heterocycles. The maximum absolute atomic E-state index is 13.3. The third-order valence-corrected chi connectivity index (χ3v) is 5.49. The Bertz CT molecular complexity index is 1310. The number of para-hydroxylation sites is 1. The maximum Gasteiger partial charge on any atom is 0.385 e. The van der Waals surface area contributed by atoms with E-state index in [9.17, 15) is 14.0 Å². The fourth-order valence-electron chi connectivity index (χ4n) is 3.33. The van der Waals surface area contributed by atoms with Gasteiger partial charge in [-0.25, -0.2) is 9.18 Å². The normalized spacial score (nSPS) is 10.9. The Kier molecular flexibility index (Phi) is 6.17. The standard InChI is InChI=1S/C24H16Cl2FNO4/c1-31-16-9-10-21-17(11-16)18(13-28(21)12-14-5-7-15(27)8-6-14)22(29)24(30)32-23-19(25)3-2-4-20(23)26/h2-11,13H,12H2,1H3. The Balaban J connectivity index is 1.72. The van der Waals surface area contributed by atoms with E-state index >= 15 is 0 Å². The Morgan fingerprint density at radius 1 is 1.00 bits per heavy atom. The van der Waals surface area contributed by atoms with Crippen LogP contribution in [0.25, 0.3) is 10.9 Å². The van der Waals surface area contributed by atoms with Crippen LogP contribution in [0, 0.1) is 5.82 Å². The number of fused-ring (bicyclic) bond motifs is 1. The number of Topliss-reactive ketones (excluding diaryl/α,β-unsaturated/α-hetero) is 1. The zero-order valence-electron chi connectivity index (χ0n) is 16.8. The molecule has 4 aromatic rings. The molecule has 4 rings (SSSR count). The molecule has 0 saturated heterocycles. The number of nitrogens with zero attached hydrogens (tertiary/aromatic N) is 1. The Hall–Kier alpha value is -3.35. The summed E-state index contributed by atoms with van der Waals surface area (Å²) in [6.45, 7) is 0.363. The third kappa shape index (κ3) is 4.33. The van der Waals surface area contributed by atoms with E-state index in [-0.39, 0.29) is 27.2 Å². The van der Waals surface area contributed by atoms with Crippen molar-refractivity contribution in [2.24, 2.45) is 0 Å². The molecule has 0 aliphatic rings. The smallest absolute Gasteiger partial charge is 0.385 e. The monoisotopic (exact) mass is 471 g/mol. The highest BCUT2D eigenvalue weighted by Gasteiger charge is 2.25. The van der Waals surface area contributed by atoms with Crippen molar-refractivity contribution in [3.8, 4) is 11.5 Å². The molecule has 0 aliphatic carbocycles. The fraction of sp³-hybridized carbons (Fsp3) is 0.0833. The van der Waals surface area contributed by atoms with E-state index in [4.69, 9.17) is 32.7 Å². The molecule has 162 valence electrons. The van der Waals surface area contributed by atoms with Gasteiger partial charge in [-0.15, -0.1) is 0 Å². The van der Waals surface area contributed by atoms with Crippen molar-refractivity contribution >= 4 is 45.9 Å². The fourth-order valence-corrected chi connectivity index (χ4v) is 3.81. The number of benzene rings is 3. The first kappa shape index (κ1) is 21.9. The van der Waals surface area contributed by atoms with E-state index in [1.807, 2.05) is 0 Å². The lowest BCUT2D eigenvalue weighted by Gasteiger charge is -2.07. The molecule has 0 aliphatic heterocycles. The number of ketones is 1. The zero-order chi connectivity index (χ0) is 22.8. The summed E-state index contributed by atoms with van der Waals surface area (Å²) < 4.78 is 25.5. The van der Waals surface area contributed by atoms with Gasteiger partial charge in [0.2, 0.25) is 0 Å². The second-order valence-corrected chi connectivity index (χ2v) is 7.76. The molecule has 0 saturated carbocycles. The van der Waals surface area contributed by atoms with Crippen LogP contribution in [0.3, 0.4) is 0 Å².